The molecule has 0 spiro atoms. The maximum Gasteiger partial charge on any atom is 0.0703 e. The molecular formula is C14H15N3. The lowest BCUT2D eigenvalue weighted by molar-refractivity contribution is 0.110. The molecule has 0 saturated carbocycles. The summed E-state index contributed by atoms with van der Waals surface area (Å²) < 4.78 is 0. The highest BCUT2D eigenvalue weighted by Gasteiger charge is 2.36. The number of pyridine rings is 1. The summed E-state index contributed by atoms with van der Waals surface area (Å²) >= 11 is 0. The molecule has 3 saturated heterocycles. The molecule has 3 heteroatoms. The molecule has 1 aromatic heterocycles. The summed E-state index contributed by atoms with van der Waals surface area (Å²) in [6, 6.07) is 11.3. The van der Waals surface area contributed by atoms with Crippen LogP contribution in [0.25, 0.3) is 10.9 Å². The Hall–Kier alpha value is -1.61. The Morgan fingerprint density at radius 2 is 2.00 bits per heavy atom. The number of hydrogen-bond donors (Lipinski definition) is 0. The molecule has 5 rings (SSSR count). The van der Waals surface area contributed by atoms with Gasteiger partial charge >= 0.3 is 0 Å². The molecule has 2 bridgehead atoms. The number of fused-ring (bicyclic) bond motifs is 3. The van der Waals surface area contributed by atoms with E-state index in [4.69, 9.17) is 0 Å². The fraction of sp³-hybridized carbons (Fsp3) is 0.357. The third kappa shape index (κ3) is 1.42. The highest BCUT2D eigenvalue weighted by molar-refractivity contribution is 5.81. The summed E-state index contributed by atoms with van der Waals surface area (Å²) in [5, 5.41) is 1.24. The quantitative estimate of drug-likeness (QED) is 0.737. The van der Waals surface area contributed by atoms with Gasteiger partial charge in [-0.15, -0.1) is 0 Å². The van der Waals surface area contributed by atoms with Crippen LogP contribution in [0.15, 0.2) is 36.5 Å². The van der Waals surface area contributed by atoms with Crippen molar-refractivity contribution >= 4 is 16.6 Å². The number of nitrogens with zero attached hydrogens (tertiary/aromatic N) is 3. The van der Waals surface area contributed by atoms with Crippen LogP contribution in [0.3, 0.4) is 0 Å². The predicted octanol–water partition coefficient (Wildman–Crippen LogP) is 1.74. The molecule has 0 radical (unpaired) electrons. The Morgan fingerprint density at radius 1 is 1.12 bits per heavy atom. The van der Waals surface area contributed by atoms with E-state index >= 15 is 0 Å². The fourth-order valence-electron chi connectivity index (χ4n) is 2.91. The minimum absolute atomic E-state index is 0.715. The van der Waals surface area contributed by atoms with Gasteiger partial charge < -0.3 is 4.90 Å². The number of aromatic nitrogens is 1. The lowest BCUT2D eigenvalue weighted by Crippen LogP contribution is -2.66. The summed E-state index contributed by atoms with van der Waals surface area (Å²) in [6.07, 6.45) is 2.02. The van der Waals surface area contributed by atoms with Gasteiger partial charge in [0, 0.05) is 31.6 Å². The van der Waals surface area contributed by atoms with Crippen LogP contribution in [-0.4, -0.2) is 42.1 Å². The molecule has 0 atom stereocenters. The van der Waals surface area contributed by atoms with E-state index in [2.05, 4.69) is 39.0 Å². The molecule has 0 amide bonds. The van der Waals surface area contributed by atoms with Crippen molar-refractivity contribution < 1.29 is 0 Å². The number of benzene rings is 1. The molecule has 3 aliphatic heterocycles. The molecule has 17 heavy (non-hydrogen) atoms. The van der Waals surface area contributed by atoms with E-state index < -0.39 is 0 Å². The van der Waals surface area contributed by atoms with Crippen LogP contribution >= 0.6 is 0 Å². The largest absolute Gasteiger partial charge is 0.363 e. The third-order valence-electron chi connectivity index (χ3n) is 3.94. The van der Waals surface area contributed by atoms with Crippen LogP contribution in [0.4, 0.5) is 5.69 Å². The van der Waals surface area contributed by atoms with Gasteiger partial charge in [-0.2, -0.15) is 0 Å². The highest BCUT2D eigenvalue weighted by Crippen LogP contribution is 2.28. The van der Waals surface area contributed by atoms with Crippen molar-refractivity contribution in [3.05, 3.63) is 36.5 Å². The highest BCUT2D eigenvalue weighted by atomic mass is 15.4. The normalized spacial score (nSPS) is 26.9. The number of anilines is 1. The smallest absolute Gasteiger partial charge is 0.0703 e. The van der Waals surface area contributed by atoms with Crippen LogP contribution in [-0.2, 0) is 0 Å². The molecule has 1 aromatic carbocycles. The van der Waals surface area contributed by atoms with Crippen molar-refractivity contribution in [1.82, 2.24) is 9.88 Å². The van der Waals surface area contributed by atoms with Crippen LogP contribution in [0.5, 0.6) is 0 Å². The lowest BCUT2D eigenvalue weighted by Gasteiger charge is -2.52. The number of para-hydroxylation sites is 1. The van der Waals surface area contributed by atoms with Gasteiger partial charge in [0.05, 0.1) is 23.4 Å². The van der Waals surface area contributed by atoms with Crippen LogP contribution in [0.2, 0.25) is 0 Å². The van der Waals surface area contributed by atoms with Gasteiger partial charge in [-0.3, -0.25) is 9.88 Å². The summed E-state index contributed by atoms with van der Waals surface area (Å²) in [7, 11) is 0. The van der Waals surface area contributed by atoms with E-state index in [1.54, 1.807) is 0 Å². The zero-order valence-electron chi connectivity index (χ0n) is 9.71. The van der Waals surface area contributed by atoms with Crippen molar-refractivity contribution in [2.75, 3.05) is 31.1 Å². The first-order valence-electron chi connectivity index (χ1n) is 6.24. The second-order valence-electron chi connectivity index (χ2n) is 4.99. The molecule has 3 nitrogen and oxygen atoms in total. The van der Waals surface area contributed by atoms with E-state index in [9.17, 15) is 0 Å². The summed E-state index contributed by atoms with van der Waals surface area (Å²) in [4.78, 5) is 9.58. The number of rotatable bonds is 1. The first-order chi connectivity index (χ1) is 8.40. The number of piperazine rings is 2. The minimum atomic E-state index is 0.715. The van der Waals surface area contributed by atoms with E-state index in [0.717, 1.165) is 12.1 Å². The molecule has 3 fully saturated rings. The van der Waals surface area contributed by atoms with E-state index in [-0.39, 0.29) is 0 Å². The Balaban J connectivity index is 1.75. The van der Waals surface area contributed by atoms with Crippen molar-refractivity contribution in [2.45, 2.75) is 6.04 Å². The van der Waals surface area contributed by atoms with Gasteiger partial charge in [-0.25, -0.2) is 0 Å². The average Bonchev–Trinajstić information content (AvgIpc) is 2.37. The minimum Gasteiger partial charge on any atom is -0.363 e. The van der Waals surface area contributed by atoms with Gasteiger partial charge in [0.1, 0.15) is 0 Å². The van der Waals surface area contributed by atoms with Gasteiger partial charge in [0.15, 0.2) is 0 Å². The first kappa shape index (κ1) is 9.42. The SMILES string of the molecule is c1ccc2ncc(N3CCN4CC3C4)cc2c1. The molecule has 4 heterocycles. The molecule has 0 N–H and O–H groups in total. The van der Waals surface area contributed by atoms with Crippen LogP contribution in [0.1, 0.15) is 0 Å². The van der Waals surface area contributed by atoms with Gasteiger partial charge in [-0.05, 0) is 12.1 Å². The molecule has 0 aliphatic carbocycles. The topological polar surface area (TPSA) is 19.4 Å². The summed E-state index contributed by atoms with van der Waals surface area (Å²) in [5.74, 6) is 0. The van der Waals surface area contributed by atoms with Gasteiger partial charge in [-0.1, -0.05) is 18.2 Å². The molecule has 3 aliphatic rings. The first-order valence-corrected chi connectivity index (χ1v) is 6.24. The Morgan fingerprint density at radius 3 is 2.82 bits per heavy atom. The maximum absolute atomic E-state index is 4.55. The van der Waals surface area contributed by atoms with Crippen molar-refractivity contribution in [2.24, 2.45) is 0 Å². The zero-order chi connectivity index (χ0) is 11.2. The second-order valence-corrected chi connectivity index (χ2v) is 4.99. The van der Waals surface area contributed by atoms with Crippen molar-refractivity contribution in [1.29, 1.82) is 0 Å². The van der Waals surface area contributed by atoms with Crippen LogP contribution < -0.4 is 4.90 Å². The van der Waals surface area contributed by atoms with E-state index in [1.807, 2.05) is 12.3 Å². The molecule has 2 aromatic rings. The molecule has 86 valence electrons. The second kappa shape index (κ2) is 3.44. The lowest BCUT2D eigenvalue weighted by atomic mass is 10.0. The average molecular weight is 225 g/mol. The predicted molar refractivity (Wildman–Crippen MR) is 69.3 cm³/mol. The monoisotopic (exact) mass is 225 g/mol. The summed E-state index contributed by atoms with van der Waals surface area (Å²) in [5.41, 5.74) is 2.37. The number of hydrogen-bond acceptors (Lipinski definition) is 3. The Bertz CT molecular complexity index is 557. The molecular weight excluding hydrogens is 210 g/mol. The Labute approximate surface area is 101 Å². The van der Waals surface area contributed by atoms with Crippen LogP contribution in [0, 0.1) is 0 Å². The standard InChI is InChI=1S/C14H15N3/c1-2-4-14-11(3-1)7-12(8-15-14)17-6-5-16-9-13(17)10-16/h1-4,7-8,13H,5-6,9-10H2. The van der Waals surface area contributed by atoms with Crippen molar-refractivity contribution in [3.63, 3.8) is 0 Å². The van der Waals surface area contributed by atoms with Gasteiger partial charge in [0.25, 0.3) is 0 Å². The third-order valence-corrected chi connectivity index (χ3v) is 3.94. The van der Waals surface area contributed by atoms with Gasteiger partial charge in [0.2, 0.25) is 0 Å². The summed E-state index contributed by atoms with van der Waals surface area (Å²) in [6.45, 7) is 4.80. The molecule has 0 unspecified atom stereocenters. The van der Waals surface area contributed by atoms with E-state index in [1.165, 1.54) is 30.7 Å². The Kier molecular flexibility index (Phi) is 1.91. The van der Waals surface area contributed by atoms with E-state index in [0.29, 0.717) is 6.04 Å². The fourth-order valence-corrected chi connectivity index (χ4v) is 2.91. The van der Waals surface area contributed by atoms with Crippen molar-refractivity contribution in [3.8, 4) is 0 Å². The maximum atomic E-state index is 4.55. The zero-order valence-corrected chi connectivity index (χ0v) is 9.71.